The molecule has 19 heavy (non-hydrogen) atoms. The first kappa shape index (κ1) is 13.9. The van der Waals surface area contributed by atoms with E-state index in [4.69, 9.17) is 17.3 Å². The molecule has 0 radical (unpaired) electrons. The zero-order valence-corrected chi connectivity index (χ0v) is 12.0. The summed E-state index contributed by atoms with van der Waals surface area (Å²) in [5, 5.41) is 0.458. The van der Waals surface area contributed by atoms with Crippen LogP contribution in [0.1, 0.15) is 11.1 Å². The van der Waals surface area contributed by atoms with Gasteiger partial charge in [-0.3, -0.25) is 0 Å². The second-order valence-corrected chi connectivity index (χ2v) is 6.74. The summed E-state index contributed by atoms with van der Waals surface area (Å²) in [6.07, 6.45) is 0. The van der Waals surface area contributed by atoms with Gasteiger partial charge in [-0.15, -0.1) is 0 Å². The Morgan fingerprint density at radius 1 is 1.16 bits per heavy atom. The molecule has 2 aromatic rings. The van der Waals surface area contributed by atoms with Gasteiger partial charge >= 0.3 is 0 Å². The highest BCUT2D eigenvalue weighted by atomic mass is 35.5. The minimum Gasteiger partial charge on any atom is -0.399 e. The molecule has 0 bridgehead atoms. The van der Waals surface area contributed by atoms with E-state index in [2.05, 4.69) is 0 Å². The number of rotatable bonds is 3. The van der Waals surface area contributed by atoms with Crippen LogP contribution in [0.25, 0.3) is 0 Å². The summed E-state index contributed by atoms with van der Waals surface area (Å²) in [6, 6.07) is 11.7. The number of nitrogens with two attached hydrogens (primary N) is 1. The summed E-state index contributed by atoms with van der Waals surface area (Å²) in [7, 11) is -3.42. The van der Waals surface area contributed by atoms with E-state index in [0.29, 0.717) is 26.7 Å². The quantitative estimate of drug-likeness (QED) is 0.885. The molecule has 0 amide bonds. The third-order valence-electron chi connectivity index (χ3n) is 2.84. The van der Waals surface area contributed by atoms with Crippen molar-refractivity contribution in [1.82, 2.24) is 0 Å². The van der Waals surface area contributed by atoms with Crippen LogP contribution in [-0.2, 0) is 15.6 Å². The van der Waals surface area contributed by atoms with E-state index in [1.165, 1.54) is 6.07 Å². The molecule has 0 spiro atoms. The molecule has 2 aromatic carbocycles. The predicted molar refractivity (Wildman–Crippen MR) is 77.9 cm³/mol. The van der Waals surface area contributed by atoms with Crippen molar-refractivity contribution >= 4 is 27.1 Å². The van der Waals surface area contributed by atoms with Gasteiger partial charge in [0.1, 0.15) is 0 Å². The van der Waals surface area contributed by atoms with Gasteiger partial charge in [0.05, 0.1) is 10.6 Å². The zero-order chi connectivity index (χ0) is 14.0. The molecule has 3 nitrogen and oxygen atoms in total. The van der Waals surface area contributed by atoms with Crippen molar-refractivity contribution in [2.45, 2.75) is 17.6 Å². The molecule has 0 saturated heterocycles. The van der Waals surface area contributed by atoms with Crippen LogP contribution in [-0.4, -0.2) is 8.42 Å². The second-order valence-electron chi connectivity index (χ2n) is 4.38. The molecule has 2 rings (SSSR count). The summed E-state index contributed by atoms with van der Waals surface area (Å²) in [5.41, 5.74) is 7.42. The maximum Gasteiger partial charge on any atom is 0.182 e. The molecule has 0 atom stereocenters. The van der Waals surface area contributed by atoms with Crippen LogP contribution in [0.3, 0.4) is 0 Å². The van der Waals surface area contributed by atoms with Gasteiger partial charge in [0.2, 0.25) is 0 Å². The molecule has 5 heteroatoms. The van der Waals surface area contributed by atoms with Crippen molar-refractivity contribution in [1.29, 1.82) is 0 Å². The summed E-state index contributed by atoms with van der Waals surface area (Å²) in [5.74, 6) is -0.114. The lowest BCUT2D eigenvalue weighted by Gasteiger charge is -2.09. The normalized spacial score (nSPS) is 11.5. The Labute approximate surface area is 117 Å². The van der Waals surface area contributed by atoms with E-state index < -0.39 is 9.84 Å². The maximum absolute atomic E-state index is 12.4. The molecule has 100 valence electrons. The monoisotopic (exact) mass is 295 g/mol. The van der Waals surface area contributed by atoms with Crippen molar-refractivity contribution < 1.29 is 8.42 Å². The third kappa shape index (κ3) is 3.08. The van der Waals surface area contributed by atoms with Gasteiger partial charge < -0.3 is 5.73 Å². The van der Waals surface area contributed by atoms with Gasteiger partial charge in [0, 0.05) is 10.7 Å². The third-order valence-corrected chi connectivity index (χ3v) is 5.03. The van der Waals surface area contributed by atoms with E-state index in [1.807, 2.05) is 0 Å². The average molecular weight is 296 g/mol. The molecule has 0 aliphatic carbocycles. The van der Waals surface area contributed by atoms with Crippen LogP contribution < -0.4 is 5.73 Å². The van der Waals surface area contributed by atoms with Gasteiger partial charge in [-0.2, -0.15) is 0 Å². The van der Waals surface area contributed by atoms with Gasteiger partial charge in [-0.25, -0.2) is 8.42 Å². The highest BCUT2D eigenvalue weighted by molar-refractivity contribution is 7.90. The Balaban J connectivity index is 2.41. The lowest BCUT2D eigenvalue weighted by atomic mass is 10.2. The van der Waals surface area contributed by atoms with E-state index in [0.717, 1.165) is 0 Å². The number of sulfone groups is 1. The van der Waals surface area contributed by atoms with Crippen molar-refractivity contribution in [2.24, 2.45) is 0 Å². The number of nitrogen functional groups attached to an aromatic ring is 1. The molecule has 0 fully saturated rings. The topological polar surface area (TPSA) is 60.2 Å². The minimum atomic E-state index is -3.42. The van der Waals surface area contributed by atoms with E-state index in [9.17, 15) is 8.42 Å². The summed E-state index contributed by atoms with van der Waals surface area (Å²) < 4.78 is 24.8. The Hall–Kier alpha value is -1.52. The fourth-order valence-electron chi connectivity index (χ4n) is 1.92. The lowest BCUT2D eigenvalue weighted by Crippen LogP contribution is -2.07. The summed E-state index contributed by atoms with van der Waals surface area (Å²) in [6.45, 7) is 1.73. The van der Waals surface area contributed by atoms with Crippen molar-refractivity contribution in [3.63, 3.8) is 0 Å². The summed E-state index contributed by atoms with van der Waals surface area (Å²) in [4.78, 5) is 0.293. The second kappa shape index (κ2) is 5.23. The minimum absolute atomic E-state index is 0.114. The first-order valence-electron chi connectivity index (χ1n) is 5.72. The smallest absolute Gasteiger partial charge is 0.182 e. The Morgan fingerprint density at radius 3 is 2.47 bits per heavy atom. The zero-order valence-electron chi connectivity index (χ0n) is 10.4. The van der Waals surface area contributed by atoms with E-state index in [-0.39, 0.29) is 5.75 Å². The van der Waals surface area contributed by atoms with Crippen LogP contribution in [0.4, 0.5) is 5.69 Å². The first-order chi connectivity index (χ1) is 8.90. The van der Waals surface area contributed by atoms with E-state index >= 15 is 0 Å². The van der Waals surface area contributed by atoms with Crippen molar-refractivity contribution in [3.8, 4) is 0 Å². The molecule has 2 N–H and O–H groups in total. The number of hydrogen-bond donors (Lipinski definition) is 1. The molecule has 0 unspecified atom stereocenters. The van der Waals surface area contributed by atoms with Crippen molar-refractivity contribution in [2.75, 3.05) is 5.73 Å². The van der Waals surface area contributed by atoms with Crippen LogP contribution in [0.2, 0.25) is 5.02 Å². The molecule has 0 aliphatic heterocycles. The highest BCUT2D eigenvalue weighted by Crippen LogP contribution is 2.25. The SMILES string of the molecule is Cc1cc(N)ccc1S(=O)(=O)Cc1ccccc1Cl. The number of aryl methyl sites for hydroxylation is 1. The molecule has 0 aromatic heterocycles. The van der Waals surface area contributed by atoms with Gasteiger partial charge in [-0.05, 0) is 42.3 Å². The molecule has 0 saturated carbocycles. The van der Waals surface area contributed by atoms with Gasteiger partial charge in [0.25, 0.3) is 0 Å². The number of halogens is 1. The Bertz CT molecular complexity index is 711. The van der Waals surface area contributed by atoms with Gasteiger partial charge in [0.15, 0.2) is 9.84 Å². The molecule has 0 heterocycles. The number of anilines is 1. The lowest BCUT2D eigenvalue weighted by molar-refractivity contribution is 0.594. The highest BCUT2D eigenvalue weighted by Gasteiger charge is 2.19. The van der Waals surface area contributed by atoms with Crippen LogP contribution in [0.5, 0.6) is 0 Å². The van der Waals surface area contributed by atoms with Gasteiger partial charge in [-0.1, -0.05) is 29.8 Å². The Morgan fingerprint density at radius 2 is 1.84 bits per heavy atom. The standard InChI is InChI=1S/C14H14ClNO2S/c1-10-8-12(16)6-7-14(10)19(17,18)9-11-4-2-3-5-13(11)15/h2-8H,9,16H2,1H3. The Kier molecular flexibility index (Phi) is 3.83. The molecule has 0 aliphatic rings. The van der Waals surface area contributed by atoms with Crippen molar-refractivity contribution in [3.05, 3.63) is 58.6 Å². The fourth-order valence-corrected chi connectivity index (χ4v) is 3.84. The fraction of sp³-hybridized carbons (Fsp3) is 0.143. The van der Waals surface area contributed by atoms with Crippen LogP contribution in [0.15, 0.2) is 47.4 Å². The number of hydrogen-bond acceptors (Lipinski definition) is 3. The number of benzene rings is 2. The van der Waals surface area contributed by atoms with Crippen LogP contribution >= 0.6 is 11.6 Å². The predicted octanol–water partition coefficient (Wildman–Crippen LogP) is 3.20. The summed E-state index contributed by atoms with van der Waals surface area (Å²) >= 11 is 6.00. The molecular formula is C14H14ClNO2S. The maximum atomic E-state index is 12.4. The van der Waals surface area contributed by atoms with E-state index in [1.54, 1.807) is 43.3 Å². The molecular weight excluding hydrogens is 282 g/mol. The average Bonchev–Trinajstić information content (AvgIpc) is 2.31. The first-order valence-corrected chi connectivity index (χ1v) is 7.75. The van der Waals surface area contributed by atoms with Crippen LogP contribution in [0, 0.1) is 6.92 Å². The largest absolute Gasteiger partial charge is 0.399 e.